The summed E-state index contributed by atoms with van der Waals surface area (Å²) in [6.45, 7) is 13.1. The van der Waals surface area contributed by atoms with Crippen molar-refractivity contribution in [3.05, 3.63) is 59.7 Å². The van der Waals surface area contributed by atoms with E-state index < -0.39 is 6.09 Å². The molecule has 0 saturated carbocycles. The van der Waals surface area contributed by atoms with E-state index in [4.69, 9.17) is 66.3 Å². The van der Waals surface area contributed by atoms with Crippen LogP contribution in [0.4, 0.5) is 4.79 Å². The maximum absolute atomic E-state index is 12.3. The average Bonchev–Trinajstić information content (AvgIpc) is 3.61. The zero-order chi connectivity index (χ0) is 42.5. The smallest absolute Gasteiger partial charge is 0.407 e. The standard InChI is InChI=1S/C45H71NO15/c47-45(61-38-43-41-10-3-1-8-39(41)40-9-2-4-11-42(40)43)46-13-7-14-48-16-17-49-18-19-50-20-21-51-22-23-52-24-25-53-26-27-54-28-29-55-30-31-56-32-33-57-34-35-58-36-37-60-44-12-5-6-15-59-44/h1-4,8-11,43-44H,5-7,12-38H2,(H,46,47). The molecule has 1 amide bonds. The second-order valence-corrected chi connectivity index (χ2v) is 14.0. The molecule has 1 unspecified atom stereocenters. The quantitative estimate of drug-likeness (QED) is 0.0924. The highest BCUT2D eigenvalue weighted by molar-refractivity contribution is 5.79. The van der Waals surface area contributed by atoms with Crippen molar-refractivity contribution in [1.29, 1.82) is 0 Å². The fraction of sp³-hybridized carbons (Fsp3) is 0.711. The van der Waals surface area contributed by atoms with E-state index in [1.54, 1.807) is 0 Å². The monoisotopic (exact) mass is 865 g/mol. The Bertz CT molecular complexity index is 1310. The minimum Gasteiger partial charge on any atom is -0.449 e. The molecule has 1 saturated heterocycles. The van der Waals surface area contributed by atoms with Crippen LogP contribution >= 0.6 is 0 Å². The molecule has 0 radical (unpaired) electrons. The molecular weight excluding hydrogens is 794 g/mol. The number of carbonyl (C=O) groups is 1. The summed E-state index contributed by atoms with van der Waals surface area (Å²) in [5.74, 6) is 0.0477. The van der Waals surface area contributed by atoms with Crippen molar-refractivity contribution in [2.75, 3.05) is 172 Å². The first-order chi connectivity index (χ1) is 30.3. The van der Waals surface area contributed by atoms with Gasteiger partial charge >= 0.3 is 6.09 Å². The van der Waals surface area contributed by atoms with Crippen LogP contribution in [0.25, 0.3) is 11.1 Å². The Kier molecular flexibility index (Phi) is 29.7. The van der Waals surface area contributed by atoms with E-state index in [0.29, 0.717) is 172 Å². The van der Waals surface area contributed by atoms with E-state index in [-0.39, 0.29) is 12.2 Å². The van der Waals surface area contributed by atoms with E-state index in [9.17, 15) is 4.79 Å². The van der Waals surface area contributed by atoms with Crippen LogP contribution in [0, 0.1) is 0 Å². The fourth-order valence-corrected chi connectivity index (χ4v) is 6.40. The van der Waals surface area contributed by atoms with Crippen LogP contribution in [0.2, 0.25) is 0 Å². The van der Waals surface area contributed by atoms with Crippen molar-refractivity contribution in [2.24, 2.45) is 0 Å². The fourth-order valence-electron chi connectivity index (χ4n) is 6.40. The summed E-state index contributed by atoms with van der Waals surface area (Å²) in [6.07, 6.45) is 3.44. The molecule has 2 aliphatic rings. The maximum atomic E-state index is 12.3. The number of benzene rings is 2. The third-order valence-corrected chi connectivity index (χ3v) is 9.47. The van der Waals surface area contributed by atoms with E-state index in [1.165, 1.54) is 22.3 Å². The van der Waals surface area contributed by atoms with E-state index in [0.717, 1.165) is 25.9 Å². The Morgan fingerprint density at radius 3 is 1.26 bits per heavy atom. The summed E-state index contributed by atoms with van der Waals surface area (Å²) in [5.41, 5.74) is 4.80. The highest BCUT2D eigenvalue weighted by Gasteiger charge is 2.29. The molecule has 1 N–H and O–H groups in total. The molecule has 0 aromatic heterocycles. The predicted molar refractivity (Wildman–Crippen MR) is 226 cm³/mol. The van der Waals surface area contributed by atoms with Crippen molar-refractivity contribution in [2.45, 2.75) is 37.9 Å². The van der Waals surface area contributed by atoms with E-state index >= 15 is 0 Å². The Morgan fingerprint density at radius 2 is 0.869 bits per heavy atom. The SMILES string of the molecule is O=C(NCCCOCCOCCOCCOCCOCCOCCOCCOCCOCCOCCOCCOC1CCCCO1)OCC1c2ccccc2-c2ccccc21. The normalized spacial score (nSPS) is 14.9. The molecule has 4 rings (SSSR count). The van der Waals surface area contributed by atoms with Gasteiger partial charge in [-0.3, -0.25) is 0 Å². The number of alkyl carbamates (subject to hydrolysis) is 1. The Labute approximate surface area is 362 Å². The molecule has 16 heteroatoms. The topological polar surface area (TPSA) is 158 Å². The molecule has 2 aromatic carbocycles. The van der Waals surface area contributed by atoms with Gasteiger partial charge in [-0.25, -0.2) is 4.79 Å². The number of hydrogen-bond donors (Lipinski definition) is 1. The molecule has 1 heterocycles. The maximum Gasteiger partial charge on any atom is 0.407 e. The lowest BCUT2D eigenvalue weighted by Gasteiger charge is -2.22. The summed E-state index contributed by atoms with van der Waals surface area (Å²) in [6, 6.07) is 16.6. The number of nitrogens with one attached hydrogen (secondary N) is 1. The number of amides is 1. The third-order valence-electron chi connectivity index (χ3n) is 9.47. The molecule has 61 heavy (non-hydrogen) atoms. The van der Waals surface area contributed by atoms with Crippen LogP contribution in [0.15, 0.2) is 48.5 Å². The number of carbonyl (C=O) groups excluding carboxylic acids is 1. The number of fused-ring (bicyclic) bond motifs is 3. The third kappa shape index (κ3) is 24.0. The molecule has 0 bridgehead atoms. The molecular formula is C45H71NO15. The molecule has 346 valence electrons. The minimum absolute atomic E-state index is 0.0477. The van der Waals surface area contributed by atoms with Crippen molar-refractivity contribution in [3.8, 4) is 11.1 Å². The van der Waals surface area contributed by atoms with Gasteiger partial charge in [-0.15, -0.1) is 0 Å². The zero-order valence-corrected chi connectivity index (χ0v) is 36.1. The van der Waals surface area contributed by atoms with Crippen LogP contribution in [0.1, 0.15) is 42.7 Å². The van der Waals surface area contributed by atoms with E-state index in [2.05, 4.69) is 29.6 Å². The first kappa shape index (κ1) is 50.8. The summed E-state index contributed by atoms with van der Waals surface area (Å²) in [7, 11) is 0. The summed E-state index contributed by atoms with van der Waals surface area (Å²) in [5, 5.41) is 2.81. The highest BCUT2D eigenvalue weighted by atomic mass is 16.7. The van der Waals surface area contributed by atoms with Crippen molar-refractivity contribution in [3.63, 3.8) is 0 Å². The predicted octanol–water partition coefficient (Wildman–Crippen LogP) is 4.64. The summed E-state index contributed by atoms with van der Waals surface area (Å²) >= 11 is 0. The van der Waals surface area contributed by atoms with Gasteiger partial charge in [-0.2, -0.15) is 0 Å². The van der Waals surface area contributed by atoms with Gasteiger partial charge in [0.2, 0.25) is 0 Å². The lowest BCUT2D eigenvalue weighted by Crippen LogP contribution is -2.27. The van der Waals surface area contributed by atoms with Crippen LogP contribution < -0.4 is 5.32 Å². The number of ether oxygens (including phenoxy) is 14. The Morgan fingerprint density at radius 1 is 0.492 bits per heavy atom. The first-order valence-corrected chi connectivity index (χ1v) is 22.0. The number of rotatable bonds is 40. The summed E-state index contributed by atoms with van der Waals surface area (Å²) in [4.78, 5) is 12.3. The number of hydrogen-bond acceptors (Lipinski definition) is 15. The van der Waals surface area contributed by atoms with Gasteiger partial charge in [0.1, 0.15) is 6.61 Å². The van der Waals surface area contributed by atoms with Gasteiger partial charge in [0.15, 0.2) is 6.29 Å². The summed E-state index contributed by atoms with van der Waals surface area (Å²) < 4.78 is 77.4. The van der Waals surface area contributed by atoms with Crippen LogP contribution in [0.5, 0.6) is 0 Å². The molecule has 1 aliphatic heterocycles. The van der Waals surface area contributed by atoms with Crippen molar-refractivity contribution in [1.82, 2.24) is 5.32 Å². The van der Waals surface area contributed by atoms with Crippen LogP contribution in [-0.2, 0) is 66.3 Å². The van der Waals surface area contributed by atoms with Gasteiger partial charge in [0.05, 0.1) is 145 Å². The molecule has 1 aliphatic carbocycles. The van der Waals surface area contributed by atoms with E-state index in [1.807, 2.05) is 24.3 Å². The molecule has 0 spiro atoms. The Hall–Kier alpha value is -2.81. The highest BCUT2D eigenvalue weighted by Crippen LogP contribution is 2.44. The van der Waals surface area contributed by atoms with Crippen molar-refractivity contribution >= 4 is 6.09 Å². The van der Waals surface area contributed by atoms with Gasteiger partial charge in [0.25, 0.3) is 0 Å². The van der Waals surface area contributed by atoms with Gasteiger partial charge in [-0.05, 0) is 47.9 Å². The van der Waals surface area contributed by atoms with Gasteiger partial charge < -0.3 is 71.6 Å². The molecule has 2 aromatic rings. The lowest BCUT2D eigenvalue weighted by atomic mass is 9.98. The second-order valence-electron chi connectivity index (χ2n) is 14.0. The lowest BCUT2D eigenvalue weighted by molar-refractivity contribution is -0.169. The minimum atomic E-state index is -0.416. The van der Waals surface area contributed by atoms with Crippen LogP contribution in [0.3, 0.4) is 0 Å². The Balaban J connectivity index is 0.757. The first-order valence-electron chi connectivity index (χ1n) is 22.0. The molecule has 16 nitrogen and oxygen atoms in total. The zero-order valence-electron chi connectivity index (χ0n) is 36.1. The van der Waals surface area contributed by atoms with Crippen molar-refractivity contribution < 1.29 is 71.1 Å². The molecule has 1 atom stereocenters. The largest absolute Gasteiger partial charge is 0.449 e. The average molecular weight is 866 g/mol. The van der Waals surface area contributed by atoms with Crippen LogP contribution in [-0.4, -0.2) is 184 Å². The van der Waals surface area contributed by atoms with Gasteiger partial charge in [0, 0.05) is 25.7 Å². The molecule has 1 fully saturated rings. The second kappa shape index (κ2) is 35.6. The van der Waals surface area contributed by atoms with Gasteiger partial charge in [-0.1, -0.05) is 48.5 Å².